The summed E-state index contributed by atoms with van der Waals surface area (Å²) in [6.45, 7) is 12.0. The van der Waals surface area contributed by atoms with Crippen LogP contribution in [0.2, 0.25) is 0 Å². The molecule has 1 aliphatic rings. The molecule has 6 nitrogen and oxygen atoms in total. The average Bonchev–Trinajstić information content (AvgIpc) is 3.14. The third kappa shape index (κ3) is 9.30. The Balaban J connectivity index is 1.77. The van der Waals surface area contributed by atoms with Gasteiger partial charge in [0.15, 0.2) is 0 Å². The van der Waals surface area contributed by atoms with Crippen LogP contribution in [0.15, 0.2) is 30.3 Å². The van der Waals surface area contributed by atoms with Crippen LogP contribution in [0.5, 0.6) is 0 Å². The highest BCUT2D eigenvalue weighted by molar-refractivity contribution is 5.82. The predicted octanol–water partition coefficient (Wildman–Crippen LogP) is 4.14. The molecule has 1 aliphatic heterocycles. The molecule has 1 heterocycles. The smallest absolute Gasteiger partial charge is 0.407 e. The first kappa shape index (κ1) is 25.2. The van der Waals surface area contributed by atoms with Crippen LogP contribution >= 0.6 is 0 Å². The van der Waals surface area contributed by atoms with Gasteiger partial charge in [0.25, 0.3) is 0 Å². The quantitative estimate of drug-likeness (QED) is 0.546. The number of nitrogens with zero attached hydrogens (tertiary/aromatic N) is 1. The van der Waals surface area contributed by atoms with Crippen molar-refractivity contribution in [1.29, 1.82) is 0 Å². The molecule has 0 bridgehead atoms. The highest BCUT2D eigenvalue weighted by atomic mass is 16.6. The molecule has 1 aromatic rings. The van der Waals surface area contributed by atoms with Crippen molar-refractivity contribution < 1.29 is 14.3 Å². The van der Waals surface area contributed by atoms with Crippen molar-refractivity contribution in [3.8, 4) is 0 Å². The van der Waals surface area contributed by atoms with Crippen molar-refractivity contribution in [3.63, 3.8) is 0 Å². The molecule has 6 heteroatoms. The molecule has 1 aromatic carbocycles. The van der Waals surface area contributed by atoms with Gasteiger partial charge in [-0.1, -0.05) is 44.2 Å². The zero-order chi connectivity index (χ0) is 22.9. The summed E-state index contributed by atoms with van der Waals surface area (Å²) in [4.78, 5) is 27.2. The summed E-state index contributed by atoms with van der Waals surface area (Å²) in [6, 6.07) is 10.3. The van der Waals surface area contributed by atoms with E-state index in [1.54, 1.807) is 0 Å². The second-order valence-corrected chi connectivity index (χ2v) is 9.88. The van der Waals surface area contributed by atoms with Gasteiger partial charge in [0, 0.05) is 19.1 Å². The van der Waals surface area contributed by atoms with Crippen molar-refractivity contribution in [3.05, 3.63) is 35.9 Å². The molecule has 1 unspecified atom stereocenters. The Kier molecular flexibility index (Phi) is 9.82. The first-order chi connectivity index (χ1) is 14.7. The fraction of sp³-hybridized carbons (Fsp3) is 0.680. The first-order valence-corrected chi connectivity index (χ1v) is 11.7. The van der Waals surface area contributed by atoms with E-state index in [1.165, 1.54) is 5.56 Å². The number of amides is 2. The zero-order valence-electron chi connectivity index (χ0n) is 19.9. The molecular weight excluding hydrogens is 390 g/mol. The zero-order valence-corrected chi connectivity index (χ0v) is 19.9. The minimum Gasteiger partial charge on any atom is -0.444 e. The van der Waals surface area contributed by atoms with Crippen LogP contribution in [0.1, 0.15) is 65.9 Å². The molecule has 2 rings (SSSR count). The van der Waals surface area contributed by atoms with Crippen molar-refractivity contribution in [1.82, 2.24) is 15.5 Å². The third-order valence-electron chi connectivity index (χ3n) is 5.64. The van der Waals surface area contributed by atoms with Crippen LogP contribution in [0.3, 0.4) is 0 Å². The minimum atomic E-state index is -0.526. The lowest BCUT2D eigenvalue weighted by Crippen LogP contribution is -2.52. The SMILES string of the molecule is CC(C)C(CN1CCC[C@H]1C(=O)NCCCCc1ccccc1)NC(=O)OC(C)(C)C. The van der Waals surface area contributed by atoms with E-state index in [-0.39, 0.29) is 23.9 Å². The summed E-state index contributed by atoms with van der Waals surface area (Å²) in [5, 5.41) is 6.12. The lowest BCUT2D eigenvalue weighted by atomic mass is 10.0. The van der Waals surface area contributed by atoms with E-state index in [9.17, 15) is 9.59 Å². The maximum absolute atomic E-state index is 12.8. The topological polar surface area (TPSA) is 70.7 Å². The standard InChI is InChI=1S/C25H41N3O3/c1-19(2)21(27-24(30)31-25(3,4)5)18-28-17-11-15-22(28)23(29)26-16-10-9-14-20-12-7-6-8-13-20/h6-8,12-13,19,21-22H,9-11,14-18H2,1-5H3,(H,26,29)(H,27,30)/t21?,22-/m0/s1. The van der Waals surface area contributed by atoms with Gasteiger partial charge >= 0.3 is 6.09 Å². The Morgan fingerprint density at radius 3 is 2.52 bits per heavy atom. The fourth-order valence-corrected chi connectivity index (χ4v) is 3.90. The maximum atomic E-state index is 12.8. The summed E-state index contributed by atoms with van der Waals surface area (Å²) in [7, 11) is 0. The maximum Gasteiger partial charge on any atom is 0.407 e. The van der Waals surface area contributed by atoms with Crippen molar-refractivity contribution in [2.45, 2.75) is 84.4 Å². The lowest BCUT2D eigenvalue weighted by molar-refractivity contribution is -0.125. The van der Waals surface area contributed by atoms with Crippen molar-refractivity contribution in [2.24, 2.45) is 5.92 Å². The first-order valence-electron chi connectivity index (χ1n) is 11.7. The van der Waals surface area contributed by atoms with Gasteiger partial charge in [-0.05, 0) is 70.9 Å². The molecule has 2 amide bonds. The van der Waals surface area contributed by atoms with Gasteiger partial charge in [-0.2, -0.15) is 0 Å². The molecule has 1 saturated heterocycles. The van der Waals surface area contributed by atoms with Crippen LogP contribution in [0.4, 0.5) is 4.79 Å². The van der Waals surface area contributed by atoms with E-state index >= 15 is 0 Å². The molecule has 0 radical (unpaired) electrons. The Morgan fingerprint density at radius 1 is 1.16 bits per heavy atom. The third-order valence-corrected chi connectivity index (χ3v) is 5.64. The normalized spacial score (nSPS) is 18.1. The molecule has 2 N–H and O–H groups in total. The molecule has 31 heavy (non-hydrogen) atoms. The Bertz CT molecular complexity index is 685. The van der Waals surface area contributed by atoms with Gasteiger partial charge in [-0.3, -0.25) is 9.69 Å². The Hall–Kier alpha value is -2.08. The van der Waals surface area contributed by atoms with Gasteiger partial charge in [0.1, 0.15) is 5.60 Å². The lowest BCUT2D eigenvalue weighted by Gasteiger charge is -2.31. The summed E-state index contributed by atoms with van der Waals surface area (Å²) in [6.07, 6.45) is 4.55. The number of aryl methyl sites for hydroxylation is 1. The van der Waals surface area contributed by atoms with E-state index < -0.39 is 11.7 Å². The molecular formula is C25H41N3O3. The van der Waals surface area contributed by atoms with Crippen LogP contribution < -0.4 is 10.6 Å². The van der Waals surface area contributed by atoms with Crippen molar-refractivity contribution in [2.75, 3.05) is 19.6 Å². The number of benzene rings is 1. The average molecular weight is 432 g/mol. The highest BCUT2D eigenvalue weighted by Crippen LogP contribution is 2.20. The number of hydrogen-bond donors (Lipinski definition) is 2. The van der Waals surface area contributed by atoms with E-state index in [4.69, 9.17) is 4.74 Å². The van der Waals surface area contributed by atoms with Crippen molar-refractivity contribution >= 4 is 12.0 Å². The molecule has 1 fully saturated rings. The van der Waals surface area contributed by atoms with E-state index in [2.05, 4.69) is 53.6 Å². The van der Waals surface area contributed by atoms with Gasteiger partial charge in [-0.25, -0.2) is 4.79 Å². The van der Waals surface area contributed by atoms with Crippen LogP contribution in [-0.4, -0.2) is 54.2 Å². The number of nitrogens with one attached hydrogen (secondary N) is 2. The Morgan fingerprint density at radius 2 is 1.87 bits per heavy atom. The number of hydrogen-bond acceptors (Lipinski definition) is 4. The number of alkyl carbamates (subject to hydrolysis) is 1. The molecule has 0 aliphatic carbocycles. The highest BCUT2D eigenvalue weighted by Gasteiger charge is 2.33. The minimum absolute atomic E-state index is 0.0610. The van der Waals surface area contributed by atoms with Gasteiger partial charge in [-0.15, -0.1) is 0 Å². The number of ether oxygens (including phenoxy) is 1. The fourth-order valence-electron chi connectivity index (χ4n) is 3.90. The van der Waals surface area contributed by atoms with Crippen LogP contribution in [0.25, 0.3) is 0 Å². The van der Waals surface area contributed by atoms with Crippen LogP contribution in [-0.2, 0) is 16.0 Å². The largest absolute Gasteiger partial charge is 0.444 e. The van der Waals surface area contributed by atoms with E-state index in [0.717, 1.165) is 38.6 Å². The molecule has 0 spiro atoms. The summed E-state index contributed by atoms with van der Waals surface area (Å²) in [5.74, 6) is 0.354. The second-order valence-electron chi connectivity index (χ2n) is 9.88. The predicted molar refractivity (Wildman–Crippen MR) is 125 cm³/mol. The van der Waals surface area contributed by atoms with Gasteiger partial charge in [0.05, 0.1) is 6.04 Å². The monoisotopic (exact) mass is 431 g/mol. The second kappa shape index (κ2) is 12.1. The number of rotatable bonds is 10. The molecule has 0 saturated carbocycles. The van der Waals surface area contributed by atoms with E-state index in [1.807, 2.05) is 26.8 Å². The van der Waals surface area contributed by atoms with E-state index in [0.29, 0.717) is 13.1 Å². The number of likely N-dealkylation sites (tertiary alicyclic amines) is 1. The van der Waals surface area contributed by atoms with Gasteiger partial charge < -0.3 is 15.4 Å². The number of carbonyl (C=O) groups excluding carboxylic acids is 2. The Labute approximate surface area is 188 Å². The van der Waals surface area contributed by atoms with Crippen LogP contribution in [0, 0.1) is 5.92 Å². The number of unbranched alkanes of at least 4 members (excludes halogenated alkanes) is 1. The summed E-state index contributed by atoms with van der Waals surface area (Å²) < 4.78 is 5.42. The number of carbonyl (C=O) groups is 2. The van der Waals surface area contributed by atoms with Gasteiger partial charge in [0.2, 0.25) is 5.91 Å². The summed E-state index contributed by atoms with van der Waals surface area (Å²) in [5.41, 5.74) is 0.815. The summed E-state index contributed by atoms with van der Waals surface area (Å²) >= 11 is 0. The molecule has 0 aromatic heterocycles. The molecule has 2 atom stereocenters. The molecule has 174 valence electrons.